The number of hydrogen-bond acceptors (Lipinski definition) is 8. The fourth-order valence-electron chi connectivity index (χ4n) is 0.846. The van der Waals surface area contributed by atoms with Crippen LogP contribution in [0.1, 0.15) is 0 Å². The Morgan fingerprint density at radius 1 is 1.14 bits per heavy atom. The molecule has 2 aromatic heterocycles. The van der Waals surface area contributed by atoms with Gasteiger partial charge in [0.05, 0.1) is 6.20 Å². The van der Waals surface area contributed by atoms with Crippen LogP contribution in [0.25, 0.3) is 0 Å². The number of nitrogens with two attached hydrogens (primary N) is 2. The van der Waals surface area contributed by atoms with Crippen molar-refractivity contribution in [1.29, 1.82) is 0 Å². The van der Waals surface area contributed by atoms with Gasteiger partial charge in [-0.3, -0.25) is 5.32 Å². The van der Waals surface area contributed by atoms with E-state index in [-0.39, 0.29) is 23.9 Å². The molecule has 0 saturated heterocycles. The van der Waals surface area contributed by atoms with Crippen LogP contribution in [0.3, 0.4) is 0 Å². The lowest BCUT2D eigenvalue weighted by Gasteiger charge is -2.00. The number of nitrogens with one attached hydrogen (secondary N) is 1. The third kappa shape index (κ3) is 1.68. The SMILES string of the molecule is Nc1nc(N)nc(Nc2ncco2)n1. The highest BCUT2D eigenvalue weighted by Crippen LogP contribution is 2.10. The van der Waals surface area contributed by atoms with E-state index in [2.05, 4.69) is 25.3 Å². The van der Waals surface area contributed by atoms with Crippen molar-refractivity contribution in [2.75, 3.05) is 16.8 Å². The summed E-state index contributed by atoms with van der Waals surface area (Å²) in [6, 6.07) is 0.259. The first kappa shape index (κ1) is 8.23. The van der Waals surface area contributed by atoms with E-state index in [9.17, 15) is 0 Å². The van der Waals surface area contributed by atoms with Crippen LogP contribution in [0.4, 0.5) is 23.9 Å². The van der Waals surface area contributed by atoms with Crippen molar-refractivity contribution in [3.8, 4) is 0 Å². The molecule has 0 aromatic carbocycles. The molecule has 8 nitrogen and oxygen atoms in total. The Balaban J connectivity index is 2.25. The topological polar surface area (TPSA) is 129 Å². The Kier molecular flexibility index (Phi) is 1.86. The summed E-state index contributed by atoms with van der Waals surface area (Å²) in [6.07, 6.45) is 2.90. The first-order valence-electron chi connectivity index (χ1n) is 3.67. The van der Waals surface area contributed by atoms with Crippen molar-refractivity contribution in [3.63, 3.8) is 0 Å². The van der Waals surface area contributed by atoms with Gasteiger partial charge in [0.2, 0.25) is 17.8 Å². The second-order valence-electron chi connectivity index (χ2n) is 2.34. The van der Waals surface area contributed by atoms with E-state index in [0.29, 0.717) is 0 Å². The zero-order valence-electron chi connectivity index (χ0n) is 7.01. The first-order chi connectivity index (χ1) is 6.74. The molecule has 0 atom stereocenters. The van der Waals surface area contributed by atoms with Crippen LogP contribution < -0.4 is 16.8 Å². The molecule has 0 radical (unpaired) electrons. The van der Waals surface area contributed by atoms with Crippen LogP contribution in [0.2, 0.25) is 0 Å². The quantitative estimate of drug-likeness (QED) is 0.596. The Labute approximate surface area is 78.4 Å². The van der Waals surface area contributed by atoms with E-state index in [1.54, 1.807) is 0 Å². The molecule has 0 saturated carbocycles. The number of oxazole rings is 1. The molecule has 0 unspecified atom stereocenters. The highest BCUT2D eigenvalue weighted by molar-refractivity contribution is 5.44. The average Bonchev–Trinajstić information content (AvgIpc) is 2.54. The molecule has 0 aliphatic carbocycles. The molecule has 14 heavy (non-hydrogen) atoms. The third-order valence-corrected chi connectivity index (χ3v) is 1.32. The third-order valence-electron chi connectivity index (χ3n) is 1.32. The summed E-state index contributed by atoms with van der Waals surface area (Å²) in [4.78, 5) is 15.0. The zero-order valence-corrected chi connectivity index (χ0v) is 7.01. The van der Waals surface area contributed by atoms with Gasteiger partial charge in [-0.05, 0) is 0 Å². The van der Waals surface area contributed by atoms with Gasteiger partial charge in [-0.1, -0.05) is 0 Å². The highest BCUT2D eigenvalue weighted by Gasteiger charge is 2.03. The van der Waals surface area contributed by atoms with Gasteiger partial charge in [0, 0.05) is 0 Å². The monoisotopic (exact) mass is 193 g/mol. The van der Waals surface area contributed by atoms with Gasteiger partial charge in [-0.15, -0.1) is 0 Å². The predicted octanol–water partition coefficient (Wildman–Crippen LogP) is -0.232. The maximum Gasteiger partial charge on any atom is 0.301 e. The van der Waals surface area contributed by atoms with Crippen molar-refractivity contribution in [2.24, 2.45) is 0 Å². The Hall–Kier alpha value is -2.38. The maximum absolute atomic E-state index is 5.36. The fourth-order valence-corrected chi connectivity index (χ4v) is 0.846. The fraction of sp³-hybridized carbons (Fsp3) is 0. The van der Waals surface area contributed by atoms with E-state index in [0.717, 1.165) is 0 Å². The largest absolute Gasteiger partial charge is 0.432 e. The van der Waals surface area contributed by atoms with Crippen LogP contribution in [0, 0.1) is 0 Å². The van der Waals surface area contributed by atoms with Crippen LogP contribution in [0.15, 0.2) is 16.9 Å². The van der Waals surface area contributed by atoms with E-state index < -0.39 is 0 Å². The molecule has 5 N–H and O–H groups in total. The molecule has 0 bridgehead atoms. The molecule has 0 aliphatic rings. The molecule has 0 amide bonds. The number of aromatic nitrogens is 4. The van der Waals surface area contributed by atoms with Gasteiger partial charge in [0.1, 0.15) is 6.26 Å². The molecular formula is C6H7N7O. The zero-order chi connectivity index (χ0) is 9.97. The summed E-state index contributed by atoms with van der Waals surface area (Å²) in [6.45, 7) is 0. The summed E-state index contributed by atoms with van der Waals surface area (Å²) >= 11 is 0. The van der Waals surface area contributed by atoms with Gasteiger partial charge in [-0.25, -0.2) is 4.98 Å². The maximum atomic E-state index is 5.36. The highest BCUT2D eigenvalue weighted by atomic mass is 16.4. The van der Waals surface area contributed by atoms with Gasteiger partial charge < -0.3 is 15.9 Å². The number of anilines is 4. The predicted molar refractivity (Wildman–Crippen MR) is 48.4 cm³/mol. The van der Waals surface area contributed by atoms with Gasteiger partial charge in [0.25, 0.3) is 0 Å². The molecular weight excluding hydrogens is 186 g/mol. The molecule has 2 aromatic rings. The molecule has 0 aliphatic heterocycles. The van der Waals surface area contributed by atoms with Crippen molar-refractivity contribution < 1.29 is 4.42 Å². The van der Waals surface area contributed by atoms with Crippen LogP contribution in [-0.4, -0.2) is 19.9 Å². The minimum Gasteiger partial charge on any atom is -0.432 e. The lowest BCUT2D eigenvalue weighted by atomic mass is 10.8. The van der Waals surface area contributed by atoms with Crippen LogP contribution >= 0.6 is 0 Å². The summed E-state index contributed by atoms with van der Waals surface area (Å²) in [5.41, 5.74) is 10.7. The lowest BCUT2D eigenvalue weighted by molar-refractivity contribution is 0.577. The molecule has 0 spiro atoms. The van der Waals surface area contributed by atoms with Crippen molar-refractivity contribution in [1.82, 2.24) is 19.9 Å². The second-order valence-corrected chi connectivity index (χ2v) is 2.34. The summed E-state index contributed by atoms with van der Waals surface area (Å²) in [7, 11) is 0. The van der Waals surface area contributed by atoms with Crippen molar-refractivity contribution in [3.05, 3.63) is 12.5 Å². The number of nitrogen functional groups attached to an aromatic ring is 2. The minimum atomic E-state index is 0.0338. The number of nitrogens with zero attached hydrogens (tertiary/aromatic N) is 4. The standard InChI is InChI=1S/C6H7N7O/c7-3-10-4(8)12-5(11-3)13-6-9-1-2-14-6/h1-2H,(H5,7,8,9,10,11,12,13). The van der Waals surface area contributed by atoms with Crippen LogP contribution in [-0.2, 0) is 0 Å². The number of rotatable bonds is 2. The average molecular weight is 193 g/mol. The summed E-state index contributed by atoms with van der Waals surface area (Å²) in [5.74, 6) is 0.260. The molecule has 0 fully saturated rings. The minimum absolute atomic E-state index is 0.0338. The second kappa shape index (κ2) is 3.17. The van der Waals surface area contributed by atoms with E-state index in [1.165, 1.54) is 12.5 Å². The van der Waals surface area contributed by atoms with E-state index >= 15 is 0 Å². The van der Waals surface area contributed by atoms with Crippen molar-refractivity contribution in [2.45, 2.75) is 0 Å². The Morgan fingerprint density at radius 3 is 2.43 bits per heavy atom. The van der Waals surface area contributed by atoms with E-state index in [4.69, 9.17) is 15.9 Å². The van der Waals surface area contributed by atoms with E-state index in [1.807, 2.05) is 0 Å². The molecule has 72 valence electrons. The summed E-state index contributed by atoms with van der Waals surface area (Å²) < 4.78 is 4.91. The Morgan fingerprint density at radius 2 is 1.86 bits per heavy atom. The Bertz CT molecular complexity index is 405. The smallest absolute Gasteiger partial charge is 0.301 e. The van der Waals surface area contributed by atoms with Gasteiger partial charge >= 0.3 is 6.01 Å². The van der Waals surface area contributed by atoms with Gasteiger partial charge in [0.15, 0.2) is 0 Å². The number of hydrogen-bond donors (Lipinski definition) is 3. The molecule has 2 heterocycles. The first-order valence-corrected chi connectivity index (χ1v) is 3.67. The van der Waals surface area contributed by atoms with Crippen LogP contribution in [0.5, 0.6) is 0 Å². The summed E-state index contributed by atoms with van der Waals surface area (Å²) in [5, 5.41) is 2.67. The molecule has 2 rings (SSSR count). The molecule has 8 heteroatoms. The van der Waals surface area contributed by atoms with Gasteiger partial charge in [-0.2, -0.15) is 15.0 Å². The normalized spacial score (nSPS) is 10.0. The van der Waals surface area contributed by atoms with Crippen molar-refractivity contribution >= 4 is 23.9 Å². The lowest BCUT2D eigenvalue weighted by Crippen LogP contribution is -2.06.